The van der Waals surface area contributed by atoms with E-state index in [1.807, 2.05) is 18.3 Å². The number of hydrogen-bond acceptors (Lipinski definition) is 2. The van der Waals surface area contributed by atoms with Gasteiger partial charge in [0.1, 0.15) is 0 Å². The Morgan fingerprint density at radius 3 is 2.62 bits per heavy atom. The van der Waals surface area contributed by atoms with Gasteiger partial charge in [-0.2, -0.15) is 0 Å². The van der Waals surface area contributed by atoms with E-state index in [4.69, 9.17) is 4.98 Å². The summed E-state index contributed by atoms with van der Waals surface area (Å²) in [7, 11) is 0. The summed E-state index contributed by atoms with van der Waals surface area (Å²) < 4.78 is 0. The van der Waals surface area contributed by atoms with Gasteiger partial charge >= 0.3 is 0 Å². The molecule has 0 spiro atoms. The van der Waals surface area contributed by atoms with Gasteiger partial charge in [0, 0.05) is 24.3 Å². The van der Waals surface area contributed by atoms with Gasteiger partial charge in [-0.3, -0.25) is 9.88 Å². The lowest BCUT2D eigenvalue weighted by Gasteiger charge is -2.25. The van der Waals surface area contributed by atoms with Crippen LogP contribution in [0.1, 0.15) is 68.3 Å². The van der Waals surface area contributed by atoms with E-state index in [2.05, 4.69) is 38.8 Å². The fourth-order valence-electron chi connectivity index (χ4n) is 3.42. The molecule has 1 saturated heterocycles. The number of likely N-dealkylation sites (tertiary alicyclic amines) is 1. The molecule has 1 unspecified atom stereocenters. The van der Waals surface area contributed by atoms with Crippen molar-refractivity contribution in [3.63, 3.8) is 0 Å². The first-order valence-corrected chi connectivity index (χ1v) is 8.13. The van der Waals surface area contributed by atoms with Gasteiger partial charge in [-0.05, 0) is 42.9 Å². The van der Waals surface area contributed by atoms with Crippen molar-refractivity contribution in [1.29, 1.82) is 0 Å². The van der Waals surface area contributed by atoms with Crippen LogP contribution in [0.15, 0.2) is 19.4 Å². The maximum Gasteiger partial charge on any atom is 0.0507 e. The van der Waals surface area contributed by atoms with Crippen LogP contribution >= 0.6 is 0 Å². The molecule has 2 nitrogen and oxygen atoms in total. The number of rotatable bonds is 6. The molecule has 2 heterocycles. The molecule has 1 fully saturated rings. The average Bonchev–Trinajstić information content (AvgIpc) is 2.93. The Morgan fingerprint density at radius 1 is 1.33 bits per heavy atom. The van der Waals surface area contributed by atoms with Crippen molar-refractivity contribution >= 4 is 12.2 Å². The first-order chi connectivity index (χ1) is 10.1. The summed E-state index contributed by atoms with van der Waals surface area (Å²) in [5.74, 6) is 0.404. The largest absolute Gasteiger partial charge is 0.296 e. The lowest BCUT2D eigenvalue weighted by molar-refractivity contribution is 0.239. The summed E-state index contributed by atoms with van der Waals surface area (Å²) in [4.78, 5) is 7.29. The van der Waals surface area contributed by atoms with Gasteiger partial charge in [-0.15, -0.1) is 0 Å². The maximum atomic E-state index is 4.70. The third-order valence-electron chi connectivity index (χ3n) is 4.57. The van der Waals surface area contributed by atoms with Crippen LogP contribution in [0.25, 0.3) is 12.2 Å². The van der Waals surface area contributed by atoms with E-state index in [1.165, 1.54) is 36.9 Å². The first kappa shape index (κ1) is 16.0. The van der Waals surface area contributed by atoms with Gasteiger partial charge in [-0.25, -0.2) is 0 Å². The van der Waals surface area contributed by atoms with Crippen LogP contribution in [0.2, 0.25) is 0 Å². The van der Waals surface area contributed by atoms with Gasteiger partial charge in [0.15, 0.2) is 0 Å². The molecule has 1 aromatic rings. The molecular weight excluding hydrogens is 256 g/mol. The highest BCUT2D eigenvalue weighted by Gasteiger charge is 2.24. The van der Waals surface area contributed by atoms with E-state index in [1.54, 1.807) is 0 Å². The zero-order valence-electron chi connectivity index (χ0n) is 13.7. The van der Waals surface area contributed by atoms with Gasteiger partial charge in [-0.1, -0.05) is 46.1 Å². The first-order valence-electron chi connectivity index (χ1n) is 8.13. The predicted molar refractivity (Wildman–Crippen MR) is 92.2 cm³/mol. The highest BCUT2D eigenvalue weighted by Crippen LogP contribution is 2.28. The molecular formula is C19H28N2. The Labute approximate surface area is 129 Å². The number of pyridine rings is 1. The SMILES string of the molecule is C=Cc1c(CN2CCCC2CC)cnc(C(C)C)c1C=C. The van der Waals surface area contributed by atoms with Gasteiger partial charge in [0.05, 0.1) is 5.69 Å². The smallest absolute Gasteiger partial charge is 0.0507 e. The Hall–Kier alpha value is -1.41. The van der Waals surface area contributed by atoms with Crippen LogP contribution in [0, 0.1) is 0 Å². The van der Waals surface area contributed by atoms with Gasteiger partial charge in [0.25, 0.3) is 0 Å². The van der Waals surface area contributed by atoms with Crippen LogP contribution in [0.3, 0.4) is 0 Å². The minimum atomic E-state index is 0.404. The van der Waals surface area contributed by atoms with Crippen LogP contribution in [-0.2, 0) is 6.54 Å². The van der Waals surface area contributed by atoms with Crippen LogP contribution < -0.4 is 0 Å². The second-order valence-corrected chi connectivity index (χ2v) is 6.23. The molecule has 0 amide bonds. The summed E-state index contributed by atoms with van der Waals surface area (Å²) in [6, 6.07) is 0.722. The molecule has 1 aromatic heterocycles. The van der Waals surface area contributed by atoms with E-state index >= 15 is 0 Å². The highest BCUT2D eigenvalue weighted by molar-refractivity contribution is 5.68. The molecule has 1 atom stereocenters. The summed E-state index contributed by atoms with van der Waals surface area (Å²) >= 11 is 0. The van der Waals surface area contributed by atoms with Crippen molar-refractivity contribution in [1.82, 2.24) is 9.88 Å². The number of nitrogens with zero attached hydrogens (tertiary/aromatic N) is 2. The van der Waals surface area contributed by atoms with Crippen molar-refractivity contribution in [2.75, 3.05) is 6.54 Å². The van der Waals surface area contributed by atoms with Gasteiger partial charge < -0.3 is 0 Å². The summed E-state index contributed by atoms with van der Waals surface area (Å²) in [6.45, 7) is 16.8. The van der Waals surface area contributed by atoms with Crippen molar-refractivity contribution in [3.8, 4) is 0 Å². The zero-order valence-corrected chi connectivity index (χ0v) is 13.7. The maximum absolute atomic E-state index is 4.70. The number of aromatic nitrogens is 1. The lowest BCUT2D eigenvalue weighted by atomic mass is 9.95. The average molecular weight is 284 g/mol. The molecule has 21 heavy (non-hydrogen) atoms. The fraction of sp³-hybridized carbons (Fsp3) is 0.526. The minimum absolute atomic E-state index is 0.404. The van der Waals surface area contributed by atoms with E-state index in [0.29, 0.717) is 5.92 Å². The normalized spacial score (nSPS) is 19.1. The Balaban J connectivity index is 2.35. The highest BCUT2D eigenvalue weighted by atomic mass is 15.2. The quantitative estimate of drug-likeness (QED) is 0.741. The second kappa shape index (κ2) is 7.04. The van der Waals surface area contributed by atoms with Gasteiger partial charge in [0.2, 0.25) is 0 Å². The lowest BCUT2D eigenvalue weighted by Crippen LogP contribution is -2.28. The Bertz CT molecular complexity index is 517. The van der Waals surface area contributed by atoms with Crippen molar-refractivity contribution in [2.45, 2.75) is 58.5 Å². The topological polar surface area (TPSA) is 16.1 Å². The molecule has 114 valence electrons. The molecule has 2 rings (SSSR count). The van der Waals surface area contributed by atoms with E-state index in [0.717, 1.165) is 23.8 Å². The zero-order chi connectivity index (χ0) is 15.4. The van der Waals surface area contributed by atoms with E-state index < -0.39 is 0 Å². The van der Waals surface area contributed by atoms with Crippen LogP contribution in [0.4, 0.5) is 0 Å². The predicted octanol–water partition coefficient (Wildman–Crippen LogP) is 4.87. The third-order valence-corrected chi connectivity index (χ3v) is 4.57. The molecule has 1 aliphatic heterocycles. The molecule has 1 aliphatic rings. The van der Waals surface area contributed by atoms with Crippen molar-refractivity contribution in [3.05, 3.63) is 41.7 Å². The summed E-state index contributed by atoms with van der Waals surface area (Å²) in [5, 5.41) is 0. The minimum Gasteiger partial charge on any atom is -0.296 e. The van der Waals surface area contributed by atoms with Crippen molar-refractivity contribution < 1.29 is 0 Å². The Kier molecular flexibility index (Phi) is 5.35. The molecule has 0 N–H and O–H groups in total. The number of hydrogen-bond donors (Lipinski definition) is 0. The Morgan fingerprint density at radius 2 is 2.05 bits per heavy atom. The molecule has 0 aliphatic carbocycles. The van der Waals surface area contributed by atoms with E-state index in [-0.39, 0.29) is 0 Å². The fourth-order valence-corrected chi connectivity index (χ4v) is 3.42. The molecule has 0 saturated carbocycles. The standard InChI is InChI=1S/C19H28N2/c1-6-16-10-9-11-21(16)13-15-12-20-19(14(4)5)18(8-3)17(15)7-2/h7-8,12,14,16H,2-3,6,9-11,13H2,1,4-5H3. The van der Waals surface area contributed by atoms with Crippen LogP contribution in [-0.4, -0.2) is 22.5 Å². The second-order valence-electron chi connectivity index (χ2n) is 6.23. The van der Waals surface area contributed by atoms with E-state index in [9.17, 15) is 0 Å². The molecule has 0 aromatic carbocycles. The summed E-state index contributed by atoms with van der Waals surface area (Å²) in [5.41, 5.74) is 4.77. The molecule has 2 heteroatoms. The third kappa shape index (κ3) is 3.26. The molecule has 0 radical (unpaired) electrons. The molecule has 0 bridgehead atoms. The summed E-state index contributed by atoms with van der Waals surface area (Å²) in [6.07, 6.45) is 9.82. The van der Waals surface area contributed by atoms with Crippen LogP contribution in [0.5, 0.6) is 0 Å². The van der Waals surface area contributed by atoms with Crippen molar-refractivity contribution in [2.24, 2.45) is 0 Å². The monoisotopic (exact) mass is 284 g/mol.